The monoisotopic (exact) mass is 273 g/mol. The molecule has 1 aliphatic rings. The first kappa shape index (κ1) is 12.5. The summed E-state index contributed by atoms with van der Waals surface area (Å²) in [6, 6.07) is 6.08. The average Bonchev–Trinajstić information content (AvgIpc) is 3.03. The third-order valence-corrected chi connectivity index (χ3v) is 4.19. The molecule has 0 aliphatic heterocycles. The van der Waals surface area contributed by atoms with E-state index >= 15 is 0 Å². The molecule has 0 spiro atoms. The van der Waals surface area contributed by atoms with Crippen LogP contribution in [0.1, 0.15) is 33.6 Å². The molecule has 1 aromatic heterocycles. The number of hydrogen-bond donors (Lipinski definition) is 0. The maximum absolute atomic E-state index is 12.1. The molecule has 0 saturated heterocycles. The van der Waals surface area contributed by atoms with Crippen molar-refractivity contribution in [3.05, 3.63) is 46.8 Å². The van der Waals surface area contributed by atoms with Gasteiger partial charge in [-0.1, -0.05) is 23.9 Å². The van der Waals surface area contributed by atoms with E-state index in [2.05, 4.69) is 11.1 Å². The summed E-state index contributed by atoms with van der Waals surface area (Å²) in [5.74, 6) is 0.509. The van der Waals surface area contributed by atoms with Gasteiger partial charge in [0, 0.05) is 5.56 Å². The van der Waals surface area contributed by atoms with E-state index in [1.807, 2.05) is 19.1 Å². The van der Waals surface area contributed by atoms with Crippen LogP contribution in [-0.2, 0) is 12.8 Å². The van der Waals surface area contributed by atoms with Crippen molar-refractivity contribution >= 4 is 17.5 Å². The van der Waals surface area contributed by atoms with Gasteiger partial charge in [-0.3, -0.25) is 4.79 Å². The van der Waals surface area contributed by atoms with Gasteiger partial charge in [0.25, 0.3) is 5.22 Å². The molecule has 1 heterocycles. The molecule has 0 radical (unpaired) electrons. The van der Waals surface area contributed by atoms with Crippen LogP contribution in [0.3, 0.4) is 0 Å². The van der Waals surface area contributed by atoms with Crippen LogP contribution in [0.15, 0.2) is 34.1 Å². The van der Waals surface area contributed by atoms with E-state index in [0.29, 0.717) is 11.0 Å². The van der Waals surface area contributed by atoms with Crippen LogP contribution in [0.2, 0.25) is 0 Å². The van der Waals surface area contributed by atoms with Crippen LogP contribution in [0.4, 0.5) is 0 Å². The molecule has 0 fully saturated rings. The molecule has 0 amide bonds. The van der Waals surface area contributed by atoms with Gasteiger partial charge in [0.2, 0.25) is 0 Å². The van der Waals surface area contributed by atoms with Crippen LogP contribution >= 0.6 is 11.8 Å². The Morgan fingerprint density at radius 2 is 2.21 bits per heavy atom. The second-order valence-corrected chi connectivity index (χ2v) is 5.73. The van der Waals surface area contributed by atoms with E-state index in [4.69, 9.17) is 4.42 Å². The lowest BCUT2D eigenvalue weighted by Crippen LogP contribution is -2.03. The topological polar surface area (TPSA) is 43.1 Å². The first-order chi connectivity index (χ1) is 9.22. The van der Waals surface area contributed by atoms with Gasteiger partial charge < -0.3 is 4.42 Å². The third-order valence-electron chi connectivity index (χ3n) is 3.35. The van der Waals surface area contributed by atoms with Crippen molar-refractivity contribution in [2.75, 3.05) is 5.75 Å². The second kappa shape index (κ2) is 5.21. The number of oxazole rings is 1. The molecule has 0 N–H and O–H groups in total. The molecule has 0 saturated carbocycles. The van der Waals surface area contributed by atoms with Crippen LogP contribution in [0, 0.1) is 6.92 Å². The van der Waals surface area contributed by atoms with E-state index < -0.39 is 0 Å². The summed E-state index contributed by atoms with van der Waals surface area (Å²) in [5, 5.41) is 0.562. The van der Waals surface area contributed by atoms with E-state index in [1.165, 1.54) is 29.3 Å². The Labute approximate surface area is 116 Å². The minimum atomic E-state index is 0.135. The minimum Gasteiger partial charge on any atom is -0.440 e. The van der Waals surface area contributed by atoms with Crippen LogP contribution in [0.5, 0.6) is 0 Å². The Morgan fingerprint density at radius 3 is 3.00 bits per heavy atom. The highest BCUT2D eigenvalue weighted by molar-refractivity contribution is 7.99. The van der Waals surface area contributed by atoms with Crippen LogP contribution in [-0.4, -0.2) is 16.5 Å². The zero-order valence-electron chi connectivity index (χ0n) is 10.8. The molecule has 98 valence electrons. The number of hydrogen-bond acceptors (Lipinski definition) is 4. The van der Waals surface area contributed by atoms with Crippen molar-refractivity contribution in [3.63, 3.8) is 0 Å². The van der Waals surface area contributed by atoms with Gasteiger partial charge in [-0.05, 0) is 43.4 Å². The molecule has 0 atom stereocenters. The Balaban J connectivity index is 1.67. The molecule has 3 rings (SSSR count). The number of Topliss-reactive ketones (excluding diaryl/α,β-unsaturated/α-hetero) is 1. The second-order valence-electron chi connectivity index (χ2n) is 4.80. The zero-order chi connectivity index (χ0) is 13.2. The number of carbonyl (C=O) groups is 1. The summed E-state index contributed by atoms with van der Waals surface area (Å²) in [4.78, 5) is 16.3. The summed E-state index contributed by atoms with van der Waals surface area (Å²) in [6.45, 7) is 1.87. The number of nitrogens with zero attached hydrogens (tertiary/aromatic N) is 1. The van der Waals surface area contributed by atoms with Gasteiger partial charge in [-0.25, -0.2) is 4.98 Å². The van der Waals surface area contributed by atoms with Gasteiger partial charge in [0.1, 0.15) is 6.26 Å². The summed E-state index contributed by atoms with van der Waals surface area (Å²) in [7, 11) is 0. The normalized spacial score (nSPS) is 13.5. The predicted molar refractivity (Wildman–Crippen MR) is 74.8 cm³/mol. The molecule has 1 aliphatic carbocycles. The minimum absolute atomic E-state index is 0.135. The number of fused-ring (bicyclic) bond motifs is 1. The summed E-state index contributed by atoms with van der Waals surface area (Å²) >= 11 is 1.35. The van der Waals surface area contributed by atoms with Gasteiger partial charge in [0.05, 0.1) is 11.4 Å². The Hall–Kier alpha value is -1.55. The standard InChI is InChI=1S/C15H15NO2S/c1-10-8-18-15(16-10)19-9-14(17)13-6-5-11-3-2-4-12(11)7-13/h5-8H,2-4,9H2,1H3. The van der Waals surface area contributed by atoms with Crippen molar-refractivity contribution in [2.24, 2.45) is 0 Å². The summed E-state index contributed by atoms with van der Waals surface area (Å²) in [6.07, 6.45) is 5.05. The zero-order valence-corrected chi connectivity index (χ0v) is 11.6. The fourth-order valence-corrected chi connectivity index (χ4v) is 3.10. The highest BCUT2D eigenvalue weighted by atomic mass is 32.2. The third kappa shape index (κ3) is 2.73. The lowest BCUT2D eigenvalue weighted by molar-refractivity contribution is 0.102. The van der Waals surface area contributed by atoms with Gasteiger partial charge in [0.15, 0.2) is 5.78 Å². The number of carbonyl (C=O) groups excluding carboxylic acids is 1. The maximum Gasteiger partial charge on any atom is 0.256 e. The molecule has 0 bridgehead atoms. The highest BCUT2D eigenvalue weighted by Gasteiger charge is 2.14. The van der Waals surface area contributed by atoms with E-state index in [-0.39, 0.29) is 5.78 Å². The SMILES string of the molecule is Cc1coc(SCC(=O)c2ccc3c(c2)CCC3)n1. The van der Waals surface area contributed by atoms with E-state index in [1.54, 1.807) is 6.26 Å². The lowest BCUT2D eigenvalue weighted by Gasteiger charge is -2.03. The fourth-order valence-electron chi connectivity index (χ4n) is 2.35. The van der Waals surface area contributed by atoms with Crippen molar-refractivity contribution < 1.29 is 9.21 Å². The quantitative estimate of drug-likeness (QED) is 0.632. The number of benzene rings is 1. The Bertz CT molecular complexity index is 618. The number of rotatable bonds is 4. The van der Waals surface area contributed by atoms with Crippen molar-refractivity contribution in [2.45, 2.75) is 31.4 Å². The molecule has 4 heteroatoms. The number of aryl methyl sites for hydroxylation is 3. The number of aromatic nitrogens is 1. The van der Waals surface area contributed by atoms with Crippen LogP contribution in [0.25, 0.3) is 0 Å². The molecular weight excluding hydrogens is 258 g/mol. The highest BCUT2D eigenvalue weighted by Crippen LogP contribution is 2.24. The fraction of sp³-hybridized carbons (Fsp3) is 0.333. The van der Waals surface area contributed by atoms with Gasteiger partial charge in [-0.15, -0.1) is 0 Å². The van der Waals surface area contributed by atoms with E-state index in [0.717, 1.165) is 24.1 Å². The first-order valence-corrected chi connectivity index (χ1v) is 7.41. The maximum atomic E-state index is 12.1. The van der Waals surface area contributed by atoms with Crippen molar-refractivity contribution in [1.82, 2.24) is 4.98 Å². The van der Waals surface area contributed by atoms with Crippen LogP contribution < -0.4 is 0 Å². The Kier molecular flexibility index (Phi) is 3.42. The van der Waals surface area contributed by atoms with Crippen molar-refractivity contribution in [1.29, 1.82) is 0 Å². The molecule has 1 aromatic carbocycles. The summed E-state index contributed by atoms with van der Waals surface area (Å²) < 4.78 is 5.22. The predicted octanol–water partition coefficient (Wildman–Crippen LogP) is 3.45. The lowest BCUT2D eigenvalue weighted by atomic mass is 10.0. The summed E-state index contributed by atoms with van der Waals surface area (Å²) in [5.41, 5.74) is 4.37. The van der Waals surface area contributed by atoms with Crippen molar-refractivity contribution in [3.8, 4) is 0 Å². The number of ketones is 1. The molecule has 2 aromatic rings. The number of thioether (sulfide) groups is 1. The average molecular weight is 273 g/mol. The Morgan fingerprint density at radius 1 is 1.37 bits per heavy atom. The molecule has 0 unspecified atom stereocenters. The van der Waals surface area contributed by atoms with E-state index in [9.17, 15) is 4.79 Å². The first-order valence-electron chi connectivity index (χ1n) is 6.42. The van der Waals surface area contributed by atoms with Gasteiger partial charge >= 0.3 is 0 Å². The van der Waals surface area contributed by atoms with Gasteiger partial charge in [-0.2, -0.15) is 0 Å². The molecular formula is C15H15NO2S. The smallest absolute Gasteiger partial charge is 0.256 e. The molecule has 3 nitrogen and oxygen atoms in total. The molecule has 19 heavy (non-hydrogen) atoms. The largest absolute Gasteiger partial charge is 0.440 e.